The molecular weight excluding hydrogens is 228 g/mol. The van der Waals surface area contributed by atoms with Crippen LogP contribution in [-0.4, -0.2) is 47.8 Å². The second-order valence-corrected chi connectivity index (χ2v) is 4.38. The van der Waals surface area contributed by atoms with Crippen molar-refractivity contribution in [2.45, 2.75) is 40.0 Å². The van der Waals surface area contributed by atoms with E-state index >= 15 is 0 Å². The lowest BCUT2D eigenvalue weighted by Crippen LogP contribution is -2.37. The molecule has 0 aromatic carbocycles. The monoisotopic (exact) mass is 254 g/mol. The van der Waals surface area contributed by atoms with Crippen LogP contribution in [-0.2, 0) is 9.59 Å². The van der Waals surface area contributed by atoms with Crippen LogP contribution in [0.3, 0.4) is 0 Å². The fourth-order valence-corrected chi connectivity index (χ4v) is 1.82. The van der Waals surface area contributed by atoms with Crippen LogP contribution in [0.5, 0.6) is 0 Å². The Morgan fingerprint density at radius 3 is 2.00 bits per heavy atom. The molecule has 0 bridgehead atoms. The Morgan fingerprint density at radius 1 is 1.06 bits per heavy atom. The second-order valence-electron chi connectivity index (χ2n) is 4.38. The molecule has 0 radical (unpaired) electrons. The normalized spacial score (nSPS) is 9.94. The first kappa shape index (κ1) is 16.7. The lowest BCUT2D eigenvalue weighted by molar-refractivity contribution is -0.133. The van der Waals surface area contributed by atoms with E-state index in [1.807, 2.05) is 4.90 Å². The topological polar surface area (TPSA) is 40.6 Å². The molecule has 0 aromatic heterocycles. The van der Waals surface area contributed by atoms with Gasteiger partial charge in [0.15, 0.2) is 0 Å². The van der Waals surface area contributed by atoms with Crippen LogP contribution >= 0.6 is 0 Å². The van der Waals surface area contributed by atoms with E-state index in [2.05, 4.69) is 20.4 Å². The summed E-state index contributed by atoms with van der Waals surface area (Å²) >= 11 is 0. The van der Waals surface area contributed by atoms with Gasteiger partial charge in [-0.25, -0.2) is 0 Å². The van der Waals surface area contributed by atoms with Crippen LogP contribution in [0.15, 0.2) is 12.7 Å². The van der Waals surface area contributed by atoms with Crippen molar-refractivity contribution < 1.29 is 9.59 Å². The van der Waals surface area contributed by atoms with Crippen molar-refractivity contribution in [1.82, 2.24) is 9.80 Å². The van der Waals surface area contributed by atoms with Crippen LogP contribution in [0, 0.1) is 0 Å². The summed E-state index contributed by atoms with van der Waals surface area (Å²) < 4.78 is 0. The third kappa shape index (κ3) is 6.42. The Balaban J connectivity index is 4.25. The summed E-state index contributed by atoms with van der Waals surface area (Å²) in [6, 6.07) is 0. The van der Waals surface area contributed by atoms with E-state index in [9.17, 15) is 9.59 Å². The maximum Gasteiger partial charge on any atom is 0.224 e. The lowest BCUT2D eigenvalue weighted by atomic mass is 10.3. The third-order valence-electron chi connectivity index (χ3n) is 2.73. The molecule has 0 N–H and O–H groups in total. The van der Waals surface area contributed by atoms with E-state index in [0.717, 1.165) is 25.9 Å². The van der Waals surface area contributed by atoms with Crippen LogP contribution in [0.1, 0.15) is 40.0 Å². The summed E-state index contributed by atoms with van der Waals surface area (Å²) in [7, 11) is 0. The largest absolute Gasteiger partial charge is 0.343 e. The Labute approximate surface area is 111 Å². The number of hydrogen-bond donors (Lipinski definition) is 0. The molecule has 0 heterocycles. The number of carbonyl (C=O) groups is 2. The van der Waals surface area contributed by atoms with E-state index in [0.29, 0.717) is 19.5 Å². The van der Waals surface area contributed by atoms with Crippen molar-refractivity contribution in [3.8, 4) is 0 Å². The van der Waals surface area contributed by atoms with Gasteiger partial charge in [-0.1, -0.05) is 19.9 Å². The van der Waals surface area contributed by atoms with E-state index in [-0.39, 0.29) is 11.8 Å². The highest BCUT2D eigenvalue weighted by Gasteiger charge is 2.14. The highest BCUT2D eigenvalue weighted by atomic mass is 16.2. The summed E-state index contributed by atoms with van der Waals surface area (Å²) in [5.74, 6) is 0.120. The fourth-order valence-electron chi connectivity index (χ4n) is 1.82. The molecule has 104 valence electrons. The van der Waals surface area contributed by atoms with Crippen molar-refractivity contribution in [3.05, 3.63) is 12.7 Å². The molecule has 0 aliphatic heterocycles. The molecule has 0 atom stereocenters. The molecular formula is C14H26N2O2. The predicted octanol–water partition coefficient (Wildman–Crippen LogP) is 2.06. The number of nitrogens with zero attached hydrogens (tertiary/aromatic N) is 2. The zero-order valence-electron chi connectivity index (χ0n) is 11.9. The van der Waals surface area contributed by atoms with Crippen molar-refractivity contribution in [2.75, 3.05) is 26.2 Å². The SMILES string of the molecule is C=CCN(CCC(=O)N(CCC)CCC)C(C)=O. The maximum absolute atomic E-state index is 12.0. The van der Waals surface area contributed by atoms with Gasteiger partial charge in [0.1, 0.15) is 0 Å². The second kappa shape index (κ2) is 9.68. The maximum atomic E-state index is 12.0. The highest BCUT2D eigenvalue weighted by molar-refractivity contribution is 5.78. The van der Waals surface area contributed by atoms with Crippen molar-refractivity contribution >= 4 is 11.8 Å². The molecule has 0 unspecified atom stereocenters. The molecule has 0 aliphatic rings. The Hall–Kier alpha value is -1.32. The van der Waals surface area contributed by atoms with Crippen LogP contribution in [0.2, 0.25) is 0 Å². The van der Waals surface area contributed by atoms with Gasteiger partial charge in [-0.15, -0.1) is 6.58 Å². The van der Waals surface area contributed by atoms with Crippen molar-refractivity contribution in [3.63, 3.8) is 0 Å². The summed E-state index contributed by atoms with van der Waals surface area (Å²) in [5, 5.41) is 0. The number of amides is 2. The van der Waals surface area contributed by atoms with E-state index < -0.39 is 0 Å². The average Bonchev–Trinajstić information content (AvgIpc) is 2.33. The number of carbonyl (C=O) groups excluding carboxylic acids is 2. The minimum Gasteiger partial charge on any atom is -0.343 e. The lowest BCUT2D eigenvalue weighted by Gasteiger charge is -2.24. The molecule has 0 aromatic rings. The van der Waals surface area contributed by atoms with E-state index in [1.54, 1.807) is 11.0 Å². The summed E-state index contributed by atoms with van der Waals surface area (Å²) in [6.45, 7) is 11.8. The molecule has 0 fully saturated rings. The quantitative estimate of drug-likeness (QED) is 0.591. The van der Waals surface area contributed by atoms with Gasteiger partial charge in [-0.2, -0.15) is 0 Å². The van der Waals surface area contributed by atoms with Gasteiger partial charge in [0, 0.05) is 39.5 Å². The molecule has 0 rings (SSSR count). The van der Waals surface area contributed by atoms with Gasteiger partial charge in [-0.05, 0) is 12.8 Å². The smallest absolute Gasteiger partial charge is 0.224 e. The minimum absolute atomic E-state index is 0.0137. The zero-order valence-corrected chi connectivity index (χ0v) is 11.9. The van der Waals surface area contributed by atoms with Gasteiger partial charge in [0.05, 0.1) is 0 Å². The standard InChI is InChI=1S/C14H26N2O2/c1-5-9-15(13(4)17)12-8-14(18)16(10-6-2)11-7-3/h5H,1,6-12H2,2-4H3. The predicted molar refractivity (Wildman–Crippen MR) is 74.2 cm³/mol. The Bertz CT molecular complexity index is 271. The van der Waals surface area contributed by atoms with Gasteiger partial charge in [0.25, 0.3) is 0 Å². The molecule has 0 saturated heterocycles. The molecule has 0 aliphatic carbocycles. The van der Waals surface area contributed by atoms with Crippen molar-refractivity contribution in [1.29, 1.82) is 0 Å². The molecule has 18 heavy (non-hydrogen) atoms. The van der Waals surface area contributed by atoms with E-state index in [1.165, 1.54) is 6.92 Å². The highest BCUT2D eigenvalue weighted by Crippen LogP contribution is 2.01. The number of hydrogen-bond acceptors (Lipinski definition) is 2. The Morgan fingerprint density at radius 2 is 1.61 bits per heavy atom. The molecule has 0 saturated carbocycles. The summed E-state index contributed by atoms with van der Waals surface area (Å²) in [4.78, 5) is 26.9. The number of rotatable bonds is 9. The van der Waals surface area contributed by atoms with Crippen LogP contribution in [0.25, 0.3) is 0 Å². The molecule has 0 spiro atoms. The summed E-state index contributed by atoms with van der Waals surface area (Å²) in [6.07, 6.45) is 4.01. The first-order chi connectivity index (χ1) is 8.56. The molecule has 2 amide bonds. The van der Waals surface area contributed by atoms with Crippen LogP contribution < -0.4 is 0 Å². The Kier molecular flexibility index (Phi) is 8.97. The minimum atomic E-state index is -0.0137. The summed E-state index contributed by atoms with van der Waals surface area (Å²) in [5.41, 5.74) is 0. The first-order valence-electron chi connectivity index (χ1n) is 6.70. The van der Waals surface area contributed by atoms with Gasteiger partial charge >= 0.3 is 0 Å². The van der Waals surface area contributed by atoms with Crippen LogP contribution in [0.4, 0.5) is 0 Å². The average molecular weight is 254 g/mol. The third-order valence-corrected chi connectivity index (χ3v) is 2.73. The van der Waals surface area contributed by atoms with Gasteiger partial charge < -0.3 is 9.80 Å². The van der Waals surface area contributed by atoms with Gasteiger partial charge in [0.2, 0.25) is 11.8 Å². The fraction of sp³-hybridized carbons (Fsp3) is 0.714. The van der Waals surface area contributed by atoms with Crippen molar-refractivity contribution in [2.24, 2.45) is 0 Å². The molecule has 4 nitrogen and oxygen atoms in total. The van der Waals surface area contributed by atoms with E-state index in [4.69, 9.17) is 0 Å². The molecule has 4 heteroatoms. The zero-order chi connectivity index (χ0) is 14.0. The van der Waals surface area contributed by atoms with Gasteiger partial charge in [-0.3, -0.25) is 9.59 Å². The first-order valence-corrected chi connectivity index (χ1v) is 6.70.